The number of ether oxygens (including phenoxy) is 1. The second-order valence-electron chi connectivity index (χ2n) is 5.43. The van der Waals surface area contributed by atoms with Crippen LogP contribution in [-0.4, -0.2) is 29.7 Å². The maximum atomic E-state index is 12.3. The highest BCUT2D eigenvalue weighted by Crippen LogP contribution is 2.38. The van der Waals surface area contributed by atoms with Crippen LogP contribution in [0.1, 0.15) is 19.4 Å². The number of fused-ring (bicyclic) bond motifs is 3. The molecule has 2 aliphatic heterocycles. The first-order chi connectivity index (χ1) is 10.7. The number of benzene rings is 1. The van der Waals surface area contributed by atoms with Crippen molar-refractivity contribution < 1.29 is 9.53 Å². The van der Waals surface area contributed by atoms with Crippen LogP contribution in [0.5, 0.6) is 5.75 Å². The minimum Gasteiger partial charge on any atom is -0.493 e. The standard InChI is InChI=1S/C16H15N3O2S/c1-3-4-11-9(2)17-15(20)19(11)16-18-14-10-7-8-21-12(10)5-6-13(14)22-16/h5-6,9,11H,7-8H2,1-2H3,(H,17,20)/t9-,11+/m0/s1. The van der Waals surface area contributed by atoms with Crippen LogP contribution < -0.4 is 15.0 Å². The lowest BCUT2D eigenvalue weighted by atomic mass is 10.1. The second-order valence-corrected chi connectivity index (χ2v) is 6.44. The average Bonchev–Trinajstić information content (AvgIpc) is 3.16. The summed E-state index contributed by atoms with van der Waals surface area (Å²) in [6.07, 6.45) is 0.872. The van der Waals surface area contributed by atoms with E-state index in [2.05, 4.69) is 17.2 Å². The summed E-state index contributed by atoms with van der Waals surface area (Å²) in [7, 11) is 0. The van der Waals surface area contributed by atoms with Crippen molar-refractivity contribution in [3.8, 4) is 17.6 Å². The molecule has 2 aromatic rings. The third-order valence-electron chi connectivity index (χ3n) is 4.04. The third kappa shape index (κ3) is 1.86. The van der Waals surface area contributed by atoms with Gasteiger partial charge in [-0.3, -0.25) is 4.90 Å². The number of urea groups is 1. The fourth-order valence-electron chi connectivity index (χ4n) is 3.00. The fourth-order valence-corrected chi connectivity index (χ4v) is 4.03. The Kier molecular flexibility index (Phi) is 2.98. The summed E-state index contributed by atoms with van der Waals surface area (Å²) >= 11 is 1.53. The molecule has 4 rings (SSSR count). The summed E-state index contributed by atoms with van der Waals surface area (Å²) in [5, 5.41) is 3.62. The Balaban J connectivity index is 1.83. The molecule has 6 heteroatoms. The van der Waals surface area contributed by atoms with Crippen LogP contribution in [0, 0.1) is 11.8 Å². The van der Waals surface area contributed by atoms with Gasteiger partial charge in [0.15, 0.2) is 5.13 Å². The highest BCUT2D eigenvalue weighted by atomic mass is 32.1. The van der Waals surface area contributed by atoms with Gasteiger partial charge < -0.3 is 10.1 Å². The number of nitrogens with one attached hydrogen (secondary N) is 1. The van der Waals surface area contributed by atoms with Crippen LogP contribution in [0.2, 0.25) is 0 Å². The van der Waals surface area contributed by atoms with Gasteiger partial charge in [0.2, 0.25) is 0 Å². The number of carbonyl (C=O) groups is 1. The zero-order chi connectivity index (χ0) is 15.3. The number of rotatable bonds is 1. The average molecular weight is 313 g/mol. The molecule has 0 saturated carbocycles. The summed E-state index contributed by atoms with van der Waals surface area (Å²) in [5.74, 6) is 6.92. The van der Waals surface area contributed by atoms with Crippen molar-refractivity contribution in [1.82, 2.24) is 10.3 Å². The van der Waals surface area contributed by atoms with Gasteiger partial charge in [-0.25, -0.2) is 9.78 Å². The smallest absolute Gasteiger partial charge is 0.325 e. The molecule has 2 aliphatic rings. The van der Waals surface area contributed by atoms with E-state index in [0.29, 0.717) is 11.7 Å². The monoisotopic (exact) mass is 313 g/mol. The Morgan fingerprint density at radius 3 is 3.18 bits per heavy atom. The predicted molar refractivity (Wildman–Crippen MR) is 86.5 cm³/mol. The quantitative estimate of drug-likeness (QED) is 0.823. The number of aromatic nitrogens is 1. The molecule has 0 aliphatic carbocycles. The molecule has 22 heavy (non-hydrogen) atoms. The lowest BCUT2D eigenvalue weighted by molar-refractivity contribution is 0.251. The van der Waals surface area contributed by atoms with Crippen molar-refractivity contribution in [3.05, 3.63) is 17.7 Å². The maximum Gasteiger partial charge on any atom is 0.325 e. The predicted octanol–water partition coefficient (Wildman–Crippen LogP) is 2.54. The van der Waals surface area contributed by atoms with Gasteiger partial charge in [-0.1, -0.05) is 17.3 Å². The van der Waals surface area contributed by atoms with Crippen LogP contribution in [0.15, 0.2) is 12.1 Å². The Labute approximate surface area is 132 Å². The molecule has 1 fully saturated rings. The van der Waals surface area contributed by atoms with Gasteiger partial charge in [0.1, 0.15) is 11.8 Å². The molecule has 2 amide bonds. The van der Waals surface area contributed by atoms with E-state index in [1.807, 2.05) is 19.1 Å². The summed E-state index contributed by atoms with van der Waals surface area (Å²) < 4.78 is 6.67. The van der Waals surface area contributed by atoms with E-state index in [9.17, 15) is 4.79 Å². The number of anilines is 1. The zero-order valence-corrected chi connectivity index (χ0v) is 13.2. The SMILES string of the molecule is CC#C[C@@H]1[C@H](C)NC(=O)N1c1nc2c3c(ccc2s1)OCC3. The third-order valence-corrected chi connectivity index (χ3v) is 5.06. The van der Waals surface area contributed by atoms with E-state index in [4.69, 9.17) is 9.72 Å². The molecule has 1 saturated heterocycles. The van der Waals surface area contributed by atoms with Crippen molar-refractivity contribution in [1.29, 1.82) is 0 Å². The van der Waals surface area contributed by atoms with Gasteiger partial charge in [0.25, 0.3) is 0 Å². The topological polar surface area (TPSA) is 54.5 Å². The molecule has 1 aromatic heterocycles. The lowest BCUT2D eigenvalue weighted by Crippen LogP contribution is -2.34. The number of carbonyl (C=O) groups excluding carboxylic acids is 1. The molecule has 0 radical (unpaired) electrons. The van der Waals surface area contributed by atoms with Crippen molar-refractivity contribution in [2.24, 2.45) is 0 Å². The Hall–Kier alpha value is -2.26. The summed E-state index contributed by atoms with van der Waals surface area (Å²) in [4.78, 5) is 18.7. The van der Waals surface area contributed by atoms with Crippen LogP contribution in [0.3, 0.4) is 0 Å². The molecule has 5 nitrogen and oxygen atoms in total. The first-order valence-corrected chi connectivity index (χ1v) is 8.08. The van der Waals surface area contributed by atoms with Crippen LogP contribution >= 0.6 is 11.3 Å². The number of hydrogen-bond acceptors (Lipinski definition) is 4. The van der Waals surface area contributed by atoms with Crippen LogP contribution in [0.4, 0.5) is 9.93 Å². The second kappa shape index (κ2) is 4.89. The minimum absolute atomic E-state index is 0.0130. The number of hydrogen-bond donors (Lipinski definition) is 1. The normalized spacial score (nSPS) is 23.0. The largest absolute Gasteiger partial charge is 0.493 e. The van der Waals surface area contributed by atoms with Gasteiger partial charge >= 0.3 is 6.03 Å². The van der Waals surface area contributed by atoms with Gasteiger partial charge in [-0.15, -0.1) is 5.92 Å². The zero-order valence-electron chi connectivity index (χ0n) is 12.3. The lowest BCUT2D eigenvalue weighted by Gasteiger charge is -2.17. The number of amides is 2. The minimum atomic E-state index is -0.178. The van der Waals surface area contributed by atoms with Crippen molar-refractivity contribution in [2.45, 2.75) is 32.4 Å². The Bertz CT molecular complexity index is 833. The number of nitrogens with zero attached hydrogens (tertiary/aromatic N) is 2. The first-order valence-electron chi connectivity index (χ1n) is 7.26. The molecule has 1 aromatic carbocycles. The molecule has 1 N–H and O–H groups in total. The number of thiazole rings is 1. The summed E-state index contributed by atoms with van der Waals surface area (Å²) in [6.45, 7) is 4.45. The first kappa shape index (κ1) is 13.4. The molecular weight excluding hydrogens is 298 g/mol. The van der Waals surface area contributed by atoms with Crippen molar-refractivity contribution in [2.75, 3.05) is 11.5 Å². The Morgan fingerprint density at radius 1 is 1.50 bits per heavy atom. The molecule has 0 bridgehead atoms. The van der Waals surface area contributed by atoms with Crippen LogP contribution in [-0.2, 0) is 6.42 Å². The van der Waals surface area contributed by atoms with Crippen molar-refractivity contribution in [3.63, 3.8) is 0 Å². The fraction of sp³-hybridized carbons (Fsp3) is 0.375. The molecule has 0 spiro atoms. The summed E-state index contributed by atoms with van der Waals surface area (Å²) in [5.41, 5.74) is 2.09. The molecular formula is C16H15N3O2S. The van der Waals surface area contributed by atoms with E-state index in [-0.39, 0.29) is 18.1 Å². The van der Waals surface area contributed by atoms with E-state index in [1.165, 1.54) is 11.3 Å². The van der Waals surface area contributed by atoms with E-state index in [0.717, 1.165) is 28.0 Å². The van der Waals surface area contributed by atoms with Gasteiger partial charge in [0, 0.05) is 12.0 Å². The molecule has 112 valence electrons. The molecule has 3 heterocycles. The molecule has 2 atom stereocenters. The van der Waals surface area contributed by atoms with Gasteiger partial charge in [-0.2, -0.15) is 0 Å². The maximum absolute atomic E-state index is 12.3. The van der Waals surface area contributed by atoms with Crippen molar-refractivity contribution >= 4 is 32.7 Å². The summed E-state index contributed by atoms with van der Waals surface area (Å²) in [6, 6.07) is 3.68. The van der Waals surface area contributed by atoms with Crippen LogP contribution in [0.25, 0.3) is 10.2 Å². The van der Waals surface area contributed by atoms with Gasteiger partial charge in [0.05, 0.1) is 22.9 Å². The van der Waals surface area contributed by atoms with E-state index in [1.54, 1.807) is 11.8 Å². The molecule has 0 unspecified atom stereocenters. The Morgan fingerprint density at radius 2 is 2.36 bits per heavy atom. The van der Waals surface area contributed by atoms with E-state index < -0.39 is 0 Å². The highest BCUT2D eigenvalue weighted by Gasteiger charge is 2.38. The van der Waals surface area contributed by atoms with Gasteiger partial charge in [-0.05, 0) is 26.0 Å². The highest BCUT2D eigenvalue weighted by molar-refractivity contribution is 7.22. The van der Waals surface area contributed by atoms with E-state index >= 15 is 0 Å².